The lowest BCUT2D eigenvalue weighted by Crippen LogP contribution is -2.47. The Hall–Kier alpha value is -3.70. The smallest absolute Gasteiger partial charge is 0.383 e. The lowest BCUT2D eigenvalue weighted by Gasteiger charge is -2.39. The molecule has 16 heteroatoms. The third-order valence-electron chi connectivity index (χ3n) is 12.3. The van der Waals surface area contributed by atoms with Crippen molar-refractivity contribution < 1.29 is 31.1 Å². The number of piperazine rings is 1. The van der Waals surface area contributed by atoms with Gasteiger partial charge in [-0.15, -0.1) is 11.8 Å². The Morgan fingerprint density at radius 1 is 0.881 bits per heavy atom. The summed E-state index contributed by atoms with van der Waals surface area (Å²) in [6, 6.07) is 28.6. The standard InChI is InChI=1S/C41H44ClF3N4O3S3.C10H21NO/c1-40(2)19-18-36(29-8-12-32(42)13-9-29)31(27-40)28-48-21-23-49(24-22-48)33-14-10-30(11-15-33)39(50)47-54-35-16-17-37(38(26-35)55(51,52)41(43,44)45)46-20-25-53-34-6-4-3-5-7-34;1-4-11-7-5-10(6-8-11)12-9(2)3/h3-17,26,46H,18-25,27-28H2,1-2H3,(H,47,50);9-10H,4-8H2,1-3H3. The average molecular weight is 1000 g/mol. The SMILES string of the molecule is CC1(C)CCC(c2ccc(Cl)cc2)=C(CN2CCN(c3ccc(C(=O)NSc4ccc(NCCSc5ccccc5)c(S(=O)(=O)C(F)(F)F)c4)cc3)CC2)C1.CCN1CCC(OC(C)C)CC1. The topological polar surface area (TPSA) is 94.2 Å². The molecule has 4 aromatic rings. The number of rotatable bonds is 16. The monoisotopic (exact) mass is 999 g/mol. The molecule has 2 fully saturated rings. The largest absolute Gasteiger partial charge is 0.501 e. The lowest BCUT2D eigenvalue weighted by atomic mass is 9.73. The highest BCUT2D eigenvalue weighted by molar-refractivity contribution is 7.99. The minimum Gasteiger partial charge on any atom is -0.383 e. The first-order valence-electron chi connectivity index (χ1n) is 23.2. The number of anilines is 2. The summed E-state index contributed by atoms with van der Waals surface area (Å²) < 4.78 is 74.4. The second-order valence-electron chi connectivity index (χ2n) is 18.3. The number of carbonyl (C=O) groups is 1. The fourth-order valence-corrected chi connectivity index (χ4v) is 11.3. The molecule has 0 saturated carbocycles. The van der Waals surface area contributed by atoms with Crippen LogP contribution in [0.1, 0.15) is 82.6 Å². The average Bonchev–Trinajstić information content (AvgIpc) is 3.30. The number of alkyl halides is 3. The van der Waals surface area contributed by atoms with Crippen molar-refractivity contribution in [2.45, 2.75) is 99.1 Å². The van der Waals surface area contributed by atoms with Crippen LogP contribution >= 0.6 is 35.3 Å². The van der Waals surface area contributed by atoms with Gasteiger partial charge in [-0.1, -0.05) is 68.3 Å². The molecule has 2 heterocycles. The highest BCUT2D eigenvalue weighted by Crippen LogP contribution is 2.43. The van der Waals surface area contributed by atoms with Gasteiger partial charge in [-0.05, 0) is 148 Å². The highest BCUT2D eigenvalue weighted by atomic mass is 35.5. The van der Waals surface area contributed by atoms with Gasteiger partial charge in [-0.3, -0.25) is 14.4 Å². The van der Waals surface area contributed by atoms with Crippen LogP contribution in [0, 0.1) is 5.41 Å². The van der Waals surface area contributed by atoms with Crippen LogP contribution in [0.3, 0.4) is 0 Å². The number of allylic oxidation sites excluding steroid dienone is 1. The van der Waals surface area contributed by atoms with E-state index in [-0.39, 0.29) is 22.5 Å². The number of carbonyl (C=O) groups excluding carboxylic acids is 1. The second kappa shape index (κ2) is 24.2. The molecule has 2 saturated heterocycles. The first kappa shape index (κ1) is 52.7. The molecular formula is C51H65ClF3N5O4S3. The summed E-state index contributed by atoms with van der Waals surface area (Å²) in [7, 11) is -5.67. The van der Waals surface area contributed by atoms with Gasteiger partial charge in [0.1, 0.15) is 4.90 Å². The van der Waals surface area contributed by atoms with E-state index in [4.69, 9.17) is 16.3 Å². The van der Waals surface area contributed by atoms with Gasteiger partial charge in [0.15, 0.2) is 0 Å². The Bertz CT molecular complexity index is 2350. The Morgan fingerprint density at radius 2 is 1.55 bits per heavy atom. The molecule has 1 amide bonds. The maximum absolute atomic E-state index is 13.7. The molecule has 4 aromatic carbocycles. The van der Waals surface area contributed by atoms with Crippen LogP contribution in [0.25, 0.3) is 5.57 Å². The van der Waals surface area contributed by atoms with E-state index in [0.717, 1.165) is 85.6 Å². The van der Waals surface area contributed by atoms with Gasteiger partial charge >= 0.3 is 5.51 Å². The summed E-state index contributed by atoms with van der Waals surface area (Å²) in [5.74, 6) is 0.0441. The molecule has 9 nitrogen and oxygen atoms in total. The van der Waals surface area contributed by atoms with E-state index in [2.05, 4.69) is 71.5 Å². The predicted octanol–water partition coefficient (Wildman–Crippen LogP) is 12.0. The van der Waals surface area contributed by atoms with Gasteiger partial charge in [0.05, 0.1) is 17.9 Å². The Morgan fingerprint density at radius 3 is 2.18 bits per heavy atom. The van der Waals surface area contributed by atoms with E-state index in [9.17, 15) is 26.4 Å². The highest BCUT2D eigenvalue weighted by Gasteiger charge is 2.48. The Labute approximate surface area is 409 Å². The van der Waals surface area contributed by atoms with Gasteiger partial charge in [0.2, 0.25) is 0 Å². The van der Waals surface area contributed by atoms with Gasteiger partial charge in [-0.2, -0.15) is 13.2 Å². The predicted molar refractivity (Wildman–Crippen MR) is 271 cm³/mol. The first-order chi connectivity index (χ1) is 31.9. The number of halogens is 4. The van der Waals surface area contributed by atoms with Crippen LogP contribution in [0.5, 0.6) is 0 Å². The van der Waals surface area contributed by atoms with Crippen molar-refractivity contribution in [1.82, 2.24) is 14.5 Å². The summed E-state index contributed by atoms with van der Waals surface area (Å²) in [6.07, 6.45) is 6.62. The third-order valence-corrected chi connectivity index (χ3v) is 15.9. The third kappa shape index (κ3) is 15.4. The molecule has 67 heavy (non-hydrogen) atoms. The summed E-state index contributed by atoms with van der Waals surface area (Å²) in [5, 5.41) is 3.58. The zero-order chi connectivity index (χ0) is 48.2. The number of hydrogen-bond donors (Lipinski definition) is 2. The summed E-state index contributed by atoms with van der Waals surface area (Å²) in [4.78, 5) is 20.6. The molecule has 2 aliphatic heterocycles. The number of thioether (sulfide) groups is 1. The number of piperidine rings is 1. The van der Waals surface area contributed by atoms with Crippen LogP contribution in [-0.4, -0.2) is 106 Å². The number of hydrogen-bond acceptors (Lipinski definition) is 10. The summed E-state index contributed by atoms with van der Waals surface area (Å²) in [6.45, 7) is 19.4. The molecule has 0 aromatic heterocycles. The van der Waals surface area contributed by atoms with E-state index < -0.39 is 26.1 Å². The van der Waals surface area contributed by atoms with Crippen LogP contribution in [0.2, 0.25) is 5.02 Å². The quantitative estimate of drug-likeness (QED) is 0.0642. The van der Waals surface area contributed by atoms with E-state index >= 15 is 0 Å². The van der Waals surface area contributed by atoms with Crippen molar-refractivity contribution in [3.63, 3.8) is 0 Å². The molecule has 0 atom stereocenters. The van der Waals surface area contributed by atoms with Crippen molar-refractivity contribution >= 4 is 68.0 Å². The minimum atomic E-state index is -5.67. The Kier molecular flexibility index (Phi) is 19.0. The first-order valence-corrected chi connectivity index (χ1v) is 26.8. The van der Waals surface area contributed by atoms with Gasteiger partial charge in [0, 0.05) is 84.2 Å². The summed E-state index contributed by atoms with van der Waals surface area (Å²) >= 11 is 8.42. The van der Waals surface area contributed by atoms with Crippen molar-refractivity contribution in [3.05, 3.63) is 119 Å². The van der Waals surface area contributed by atoms with Crippen molar-refractivity contribution in [1.29, 1.82) is 0 Å². The van der Waals surface area contributed by atoms with Crippen LogP contribution in [0.15, 0.2) is 117 Å². The maximum Gasteiger partial charge on any atom is 0.501 e. The number of benzene rings is 4. The molecule has 364 valence electrons. The van der Waals surface area contributed by atoms with Crippen molar-refractivity contribution in [2.24, 2.45) is 5.41 Å². The molecule has 7 rings (SSSR count). The molecular weight excluding hydrogens is 935 g/mol. The number of ether oxygens (including phenoxy) is 1. The van der Waals surface area contributed by atoms with Crippen LogP contribution in [0.4, 0.5) is 24.5 Å². The van der Waals surface area contributed by atoms with E-state index in [1.807, 2.05) is 54.6 Å². The number of nitrogens with one attached hydrogen (secondary N) is 2. The van der Waals surface area contributed by atoms with Crippen molar-refractivity contribution in [3.8, 4) is 0 Å². The van der Waals surface area contributed by atoms with E-state index in [0.29, 0.717) is 23.5 Å². The molecule has 0 unspecified atom stereocenters. The fourth-order valence-electron chi connectivity index (χ4n) is 8.66. The summed E-state index contributed by atoms with van der Waals surface area (Å²) in [5.41, 5.74) is 0.177. The molecule has 2 N–H and O–H groups in total. The molecule has 0 spiro atoms. The number of sulfone groups is 1. The number of amides is 1. The fraction of sp³-hybridized carbons (Fsp3) is 0.471. The van der Waals surface area contributed by atoms with E-state index in [1.165, 1.54) is 73.1 Å². The molecule has 1 aliphatic carbocycles. The van der Waals surface area contributed by atoms with Gasteiger partial charge in [0.25, 0.3) is 15.7 Å². The minimum absolute atomic E-state index is 0.141. The van der Waals surface area contributed by atoms with Crippen molar-refractivity contribution in [2.75, 3.05) is 74.9 Å². The Balaban J connectivity index is 0.000000537. The second-order valence-corrected chi connectivity index (χ2v) is 22.7. The number of nitrogens with zero attached hydrogens (tertiary/aromatic N) is 3. The molecule has 0 radical (unpaired) electrons. The van der Waals surface area contributed by atoms with Crippen LogP contribution in [-0.2, 0) is 14.6 Å². The normalized spacial score (nSPS) is 17.6. The number of likely N-dealkylation sites (tertiary alicyclic amines) is 1. The zero-order valence-corrected chi connectivity index (χ0v) is 42.4. The zero-order valence-electron chi connectivity index (χ0n) is 39.2. The van der Waals surface area contributed by atoms with Crippen LogP contribution < -0.4 is 14.9 Å². The lowest BCUT2D eigenvalue weighted by molar-refractivity contribution is -0.0435. The molecule has 3 aliphatic rings. The molecule has 0 bridgehead atoms. The van der Waals surface area contributed by atoms with Gasteiger partial charge in [-0.25, -0.2) is 8.42 Å². The maximum atomic E-state index is 13.7. The van der Waals surface area contributed by atoms with E-state index in [1.54, 1.807) is 12.1 Å². The van der Waals surface area contributed by atoms with Gasteiger partial charge < -0.3 is 19.9 Å².